The van der Waals surface area contributed by atoms with Gasteiger partial charge in [0.15, 0.2) is 6.23 Å². The highest BCUT2D eigenvalue weighted by atomic mass is 31.2. The summed E-state index contributed by atoms with van der Waals surface area (Å²) in [6.45, 7) is -1.05. The summed E-state index contributed by atoms with van der Waals surface area (Å²) in [6, 6.07) is 25.7. The second-order valence-electron chi connectivity index (χ2n) is 10.7. The standard InChI is InChI=1S/C31H32N7O9P/c32-25-16-17-38(30(42)34-25)28-26(39)27(40)31(46-28,36-37-33)20-45-48(43,47-23-14-8-3-9-15-23)35-24(18-21-10-4-1-5-11-21)29(41)44-19-22-12-6-2-7-13-22/h1-17,24,26-28,39-40H,18-20H2,(H,35,43)(H2,32,34,42)/t24-,26+,27-,28+,31?,48?/m0/s1. The summed E-state index contributed by atoms with van der Waals surface area (Å²) in [5.41, 5.74) is 13.0. The van der Waals surface area contributed by atoms with Crippen molar-refractivity contribution in [1.29, 1.82) is 0 Å². The summed E-state index contributed by atoms with van der Waals surface area (Å²) >= 11 is 0. The number of azide groups is 1. The van der Waals surface area contributed by atoms with Gasteiger partial charge in [-0.2, -0.15) is 10.1 Å². The highest BCUT2D eigenvalue weighted by Crippen LogP contribution is 2.48. The number of nitrogens with two attached hydrogens (primary N) is 1. The minimum atomic E-state index is -4.66. The smallest absolute Gasteiger partial charge is 0.459 e. The molecule has 1 aromatic heterocycles. The number of rotatable bonds is 14. The van der Waals surface area contributed by atoms with Crippen LogP contribution < -0.4 is 21.0 Å². The molecule has 1 saturated heterocycles. The van der Waals surface area contributed by atoms with E-state index < -0.39 is 56.2 Å². The second-order valence-corrected chi connectivity index (χ2v) is 12.4. The zero-order valence-electron chi connectivity index (χ0n) is 25.3. The van der Waals surface area contributed by atoms with Crippen molar-refractivity contribution in [1.82, 2.24) is 14.6 Å². The van der Waals surface area contributed by atoms with Crippen LogP contribution in [-0.2, 0) is 36.4 Å². The summed E-state index contributed by atoms with van der Waals surface area (Å²) < 4.78 is 38.2. The molecular weight excluding hydrogens is 645 g/mol. The van der Waals surface area contributed by atoms with Crippen LogP contribution in [0.15, 0.2) is 113 Å². The number of carbonyl (C=O) groups excluding carboxylic acids is 1. The number of nitrogen functional groups attached to an aromatic ring is 1. The predicted molar refractivity (Wildman–Crippen MR) is 171 cm³/mol. The van der Waals surface area contributed by atoms with Gasteiger partial charge in [0.1, 0.15) is 36.4 Å². The first-order chi connectivity index (χ1) is 23.1. The van der Waals surface area contributed by atoms with Crippen molar-refractivity contribution in [2.75, 3.05) is 12.3 Å². The molecule has 6 atom stereocenters. The number of anilines is 1. The molecule has 1 aliphatic rings. The van der Waals surface area contributed by atoms with Gasteiger partial charge in [-0.05, 0) is 41.3 Å². The van der Waals surface area contributed by atoms with Crippen molar-refractivity contribution in [2.24, 2.45) is 5.11 Å². The van der Waals surface area contributed by atoms with Gasteiger partial charge in [0, 0.05) is 11.1 Å². The van der Waals surface area contributed by atoms with Gasteiger partial charge in [-0.1, -0.05) is 84.0 Å². The molecule has 0 saturated carbocycles. The van der Waals surface area contributed by atoms with Crippen LogP contribution in [0.5, 0.6) is 5.75 Å². The topological polar surface area (TPSA) is 233 Å². The Kier molecular flexibility index (Phi) is 10.9. The number of aliphatic hydroxyl groups is 2. The Morgan fingerprint density at radius 3 is 2.31 bits per heavy atom. The Labute approximate surface area is 273 Å². The van der Waals surface area contributed by atoms with Crippen LogP contribution in [0.4, 0.5) is 5.82 Å². The van der Waals surface area contributed by atoms with E-state index in [1.165, 1.54) is 24.4 Å². The molecule has 5 rings (SSSR count). The van der Waals surface area contributed by atoms with E-state index >= 15 is 0 Å². The normalized spacial score (nSPS) is 22.2. The Morgan fingerprint density at radius 1 is 1.06 bits per heavy atom. The van der Waals surface area contributed by atoms with Gasteiger partial charge < -0.3 is 29.9 Å². The lowest BCUT2D eigenvalue weighted by Crippen LogP contribution is -2.46. The highest BCUT2D eigenvalue weighted by Gasteiger charge is 2.56. The summed E-state index contributed by atoms with van der Waals surface area (Å²) in [4.78, 5) is 32.3. The minimum absolute atomic E-state index is 0.00553. The minimum Gasteiger partial charge on any atom is -0.460 e. The van der Waals surface area contributed by atoms with Gasteiger partial charge in [-0.25, -0.2) is 9.36 Å². The number of aliphatic hydroxyl groups excluding tert-OH is 2. The SMILES string of the molecule is [N-]=[N+]=NC1(COP(=O)(N[C@@H](Cc2ccccc2)C(=O)OCc2ccccc2)Oc2ccccc2)O[C@@H](n2ccc(N)nc2=O)[C@H](O)[C@@H]1O. The van der Waals surface area contributed by atoms with Crippen LogP contribution in [0.2, 0.25) is 0 Å². The van der Waals surface area contributed by atoms with Gasteiger partial charge in [0.2, 0.25) is 5.72 Å². The Bertz CT molecular complexity index is 1850. The van der Waals surface area contributed by atoms with Crippen LogP contribution in [0.1, 0.15) is 17.4 Å². The van der Waals surface area contributed by atoms with Crippen LogP contribution in [0.3, 0.4) is 0 Å². The monoisotopic (exact) mass is 677 g/mol. The fourth-order valence-electron chi connectivity index (χ4n) is 4.86. The molecule has 0 bridgehead atoms. The fraction of sp³-hybridized carbons (Fsp3) is 0.258. The molecule has 48 heavy (non-hydrogen) atoms. The van der Waals surface area contributed by atoms with Crippen molar-refractivity contribution < 1.29 is 38.1 Å². The molecule has 1 fully saturated rings. The van der Waals surface area contributed by atoms with Crippen molar-refractivity contribution in [2.45, 2.75) is 43.2 Å². The van der Waals surface area contributed by atoms with Crippen LogP contribution in [0, 0.1) is 0 Å². The molecular formula is C31H32N7O9P. The van der Waals surface area contributed by atoms with Gasteiger partial charge in [-0.15, -0.1) is 0 Å². The Morgan fingerprint density at radius 2 is 1.69 bits per heavy atom. The summed E-state index contributed by atoms with van der Waals surface area (Å²) in [5, 5.41) is 28.1. The summed E-state index contributed by atoms with van der Waals surface area (Å²) in [5.74, 6) is -0.810. The van der Waals surface area contributed by atoms with Gasteiger partial charge in [-0.3, -0.25) is 13.9 Å². The number of carbonyl (C=O) groups is 1. The number of aromatic nitrogens is 2. The first-order valence-electron chi connectivity index (χ1n) is 14.6. The maximum atomic E-state index is 14.5. The van der Waals surface area contributed by atoms with Crippen molar-refractivity contribution in [3.8, 4) is 5.75 Å². The molecule has 0 spiro atoms. The van der Waals surface area contributed by atoms with E-state index in [1.807, 2.05) is 6.07 Å². The fourth-order valence-corrected chi connectivity index (χ4v) is 6.37. The summed E-state index contributed by atoms with van der Waals surface area (Å²) in [6.07, 6.45) is -4.30. The lowest BCUT2D eigenvalue weighted by Gasteiger charge is -2.30. The number of nitrogens with zero attached hydrogens (tertiary/aromatic N) is 5. The lowest BCUT2D eigenvalue weighted by atomic mass is 10.1. The third kappa shape index (κ3) is 8.26. The van der Waals surface area contributed by atoms with Crippen molar-refractivity contribution >= 4 is 19.5 Å². The molecule has 250 valence electrons. The first kappa shape index (κ1) is 34.3. The predicted octanol–water partition coefficient (Wildman–Crippen LogP) is 3.23. The molecule has 5 N–H and O–H groups in total. The first-order valence-corrected chi connectivity index (χ1v) is 16.1. The van der Waals surface area contributed by atoms with Gasteiger partial charge in [0.05, 0.1) is 6.61 Å². The molecule has 2 heterocycles. The zero-order valence-corrected chi connectivity index (χ0v) is 26.2. The zero-order chi connectivity index (χ0) is 34.1. The van der Waals surface area contributed by atoms with E-state index in [0.29, 0.717) is 5.56 Å². The Balaban J connectivity index is 1.44. The van der Waals surface area contributed by atoms with Crippen LogP contribution >= 0.6 is 7.75 Å². The molecule has 0 radical (unpaired) electrons. The molecule has 1 aliphatic heterocycles. The summed E-state index contributed by atoms with van der Waals surface area (Å²) in [7, 11) is -4.66. The molecule has 0 amide bonds. The van der Waals surface area contributed by atoms with E-state index in [0.717, 1.165) is 10.1 Å². The number of esters is 1. The van der Waals surface area contributed by atoms with E-state index in [9.17, 15) is 29.9 Å². The van der Waals surface area contributed by atoms with E-state index in [-0.39, 0.29) is 24.6 Å². The van der Waals surface area contributed by atoms with Gasteiger partial charge in [0.25, 0.3) is 0 Å². The van der Waals surface area contributed by atoms with Crippen LogP contribution in [0.25, 0.3) is 10.4 Å². The third-order valence-electron chi connectivity index (χ3n) is 7.26. The number of nitrogens with one attached hydrogen (secondary N) is 1. The third-order valence-corrected chi connectivity index (χ3v) is 8.81. The average Bonchev–Trinajstić information content (AvgIpc) is 3.33. The molecule has 4 aromatic rings. The highest BCUT2D eigenvalue weighted by molar-refractivity contribution is 7.52. The van der Waals surface area contributed by atoms with Gasteiger partial charge >= 0.3 is 19.4 Å². The maximum Gasteiger partial charge on any atom is 0.459 e. The molecule has 2 unspecified atom stereocenters. The molecule has 0 aliphatic carbocycles. The molecule has 16 nitrogen and oxygen atoms in total. The van der Waals surface area contributed by atoms with E-state index in [4.69, 9.17) is 24.3 Å². The number of ether oxygens (including phenoxy) is 2. The largest absolute Gasteiger partial charge is 0.460 e. The van der Waals surface area contributed by atoms with E-state index in [1.54, 1.807) is 72.8 Å². The number of para-hydroxylation sites is 1. The van der Waals surface area contributed by atoms with Crippen molar-refractivity contribution in [3.05, 3.63) is 135 Å². The van der Waals surface area contributed by atoms with E-state index in [2.05, 4.69) is 20.1 Å². The van der Waals surface area contributed by atoms with Crippen LogP contribution in [-0.4, -0.2) is 56.3 Å². The number of hydrogen-bond acceptors (Lipinski definition) is 12. The average molecular weight is 678 g/mol. The molecule has 3 aromatic carbocycles. The lowest BCUT2D eigenvalue weighted by molar-refractivity contribution is -0.147. The quantitative estimate of drug-likeness (QED) is 0.0495. The number of hydrogen-bond donors (Lipinski definition) is 4. The van der Waals surface area contributed by atoms with Crippen molar-refractivity contribution in [3.63, 3.8) is 0 Å². The Hall–Kier alpha value is -5.05. The maximum absolute atomic E-state index is 14.5. The number of benzene rings is 3. The molecule has 17 heteroatoms. The second kappa shape index (κ2) is 15.2.